The Morgan fingerprint density at radius 1 is 1.48 bits per heavy atom. The molecule has 0 aliphatic heterocycles. The summed E-state index contributed by atoms with van der Waals surface area (Å²) in [5, 5.41) is 1.96. The van der Waals surface area contributed by atoms with E-state index in [-0.39, 0.29) is 12.6 Å². The molecule has 108 valence electrons. The largest absolute Gasteiger partial charge is 0.454 e. The number of carbonyl (C=O) groups is 1. The summed E-state index contributed by atoms with van der Waals surface area (Å²) in [6.45, 7) is 0.170. The van der Waals surface area contributed by atoms with Gasteiger partial charge in [-0.2, -0.15) is 0 Å². The zero-order valence-electron chi connectivity index (χ0n) is 11.2. The van der Waals surface area contributed by atoms with Gasteiger partial charge in [0.1, 0.15) is 12.3 Å². The quantitative estimate of drug-likeness (QED) is 0.751. The Balaban J connectivity index is 1.49. The van der Waals surface area contributed by atoms with Gasteiger partial charge in [0.2, 0.25) is 0 Å². The lowest BCUT2D eigenvalue weighted by atomic mass is 10.4. The molecule has 0 bridgehead atoms. The number of thiazole rings is 1. The monoisotopic (exact) mass is 302 g/mol. The summed E-state index contributed by atoms with van der Waals surface area (Å²) in [5.41, 5.74) is 7.65. The first kappa shape index (κ1) is 12.5. The van der Waals surface area contributed by atoms with Gasteiger partial charge in [-0.1, -0.05) is 0 Å². The van der Waals surface area contributed by atoms with Crippen molar-refractivity contribution in [1.29, 1.82) is 0 Å². The SMILES string of the molecule is Nc1cc(C(=O)OCc2cn3ccsc3n2)n(C2CC2)c1. The second-order valence-electron chi connectivity index (χ2n) is 5.20. The van der Waals surface area contributed by atoms with E-state index in [2.05, 4.69) is 4.98 Å². The molecule has 4 rings (SSSR count). The van der Waals surface area contributed by atoms with Crippen LogP contribution >= 0.6 is 11.3 Å². The van der Waals surface area contributed by atoms with Crippen LogP contribution in [0.4, 0.5) is 5.69 Å². The highest BCUT2D eigenvalue weighted by Gasteiger charge is 2.28. The van der Waals surface area contributed by atoms with Crippen LogP contribution in [0.25, 0.3) is 4.96 Å². The molecule has 0 unspecified atom stereocenters. The lowest BCUT2D eigenvalue weighted by Gasteiger charge is -2.06. The van der Waals surface area contributed by atoms with E-state index in [9.17, 15) is 4.79 Å². The van der Waals surface area contributed by atoms with Crippen molar-refractivity contribution in [2.75, 3.05) is 5.73 Å². The third-order valence-electron chi connectivity index (χ3n) is 3.51. The van der Waals surface area contributed by atoms with Crippen molar-refractivity contribution in [3.63, 3.8) is 0 Å². The van der Waals surface area contributed by atoms with Gasteiger partial charge in [-0.3, -0.25) is 4.40 Å². The maximum atomic E-state index is 12.2. The van der Waals surface area contributed by atoms with E-state index in [4.69, 9.17) is 10.5 Å². The molecule has 1 aliphatic rings. The van der Waals surface area contributed by atoms with Gasteiger partial charge in [0.15, 0.2) is 4.96 Å². The third-order valence-corrected chi connectivity index (χ3v) is 4.28. The van der Waals surface area contributed by atoms with E-state index < -0.39 is 0 Å². The molecular formula is C14H14N4O2S. The second kappa shape index (κ2) is 4.63. The summed E-state index contributed by atoms with van der Waals surface area (Å²) in [6.07, 6.45) is 7.78. The van der Waals surface area contributed by atoms with Crippen LogP contribution in [0.15, 0.2) is 30.0 Å². The molecule has 0 radical (unpaired) electrons. The molecule has 0 atom stereocenters. The second-order valence-corrected chi connectivity index (χ2v) is 6.07. The van der Waals surface area contributed by atoms with Crippen molar-refractivity contribution >= 4 is 28.0 Å². The number of esters is 1. The van der Waals surface area contributed by atoms with Crippen molar-refractivity contribution in [2.45, 2.75) is 25.5 Å². The Morgan fingerprint density at radius 2 is 2.33 bits per heavy atom. The fourth-order valence-corrected chi connectivity index (χ4v) is 3.10. The van der Waals surface area contributed by atoms with Crippen LogP contribution in [-0.4, -0.2) is 19.9 Å². The fraction of sp³-hybridized carbons (Fsp3) is 0.286. The Labute approximate surface area is 124 Å². The third kappa shape index (κ3) is 2.29. The van der Waals surface area contributed by atoms with Gasteiger partial charge in [-0.05, 0) is 18.9 Å². The summed E-state index contributed by atoms with van der Waals surface area (Å²) in [6, 6.07) is 2.06. The molecule has 3 aromatic heterocycles. The zero-order chi connectivity index (χ0) is 14.4. The highest BCUT2D eigenvalue weighted by atomic mass is 32.1. The number of fused-ring (bicyclic) bond motifs is 1. The first-order valence-electron chi connectivity index (χ1n) is 6.76. The Bertz CT molecular complexity index is 784. The van der Waals surface area contributed by atoms with E-state index in [0.29, 0.717) is 17.4 Å². The molecular weight excluding hydrogens is 288 g/mol. The van der Waals surface area contributed by atoms with Crippen molar-refractivity contribution in [3.05, 3.63) is 41.4 Å². The van der Waals surface area contributed by atoms with E-state index in [1.807, 2.05) is 26.7 Å². The van der Waals surface area contributed by atoms with E-state index in [0.717, 1.165) is 23.5 Å². The Hall–Kier alpha value is -2.28. The smallest absolute Gasteiger partial charge is 0.355 e. The number of hydrogen-bond donors (Lipinski definition) is 1. The van der Waals surface area contributed by atoms with Crippen LogP contribution in [0.5, 0.6) is 0 Å². The average molecular weight is 302 g/mol. The van der Waals surface area contributed by atoms with Crippen molar-refractivity contribution in [1.82, 2.24) is 14.0 Å². The minimum atomic E-state index is -0.352. The van der Waals surface area contributed by atoms with Crippen LogP contribution in [0.3, 0.4) is 0 Å². The minimum Gasteiger partial charge on any atom is -0.454 e. The predicted molar refractivity (Wildman–Crippen MR) is 79.3 cm³/mol. The minimum absolute atomic E-state index is 0.170. The van der Waals surface area contributed by atoms with E-state index in [1.165, 1.54) is 0 Å². The number of aromatic nitrogens is 3. The number of anilines is 1. The van der Waals surface area contributed by atoms with Gasteiger partial charge in [-0.25, -0.2) is 9.78 Å². The van der Waals surface area contributed by atoms with Gasteiger partial charge in [0, 0.05) is 30.0 Å². The molecule has 0 spiro atoms. The van der Waals surface area contributed by atoms with Crippen LogP contribution in [0.2, 0.25) is 0 Å². The van der Waals surface area contributed by atoms with Gasteiger partial charge in [-0.15, -0.1) is 11.3 Å². The molecule has 3 aromatic rings. The van der Waals surface area contributed by atoms with E-state index >= 15 is 0 Å². The molecule has 1 aliphatic carbocycles. The lowest BCUT2D eigenvalue weighted by Crippen LogP contribution is -2.11. The molecule has 7 heteroatoms. The summed E-state index contributed by atoms with van der Waals surface area (Å²) < 4.78 is 9.19. The molecule has 0 saturated heterocycles. The number of nitrogen functional groups attached to an aromatic ring is 1. The molecule has 6 nitrogen and oxygen atoms in total. The average Bonchev–Trinajstić information content (AvgIpc) is 2.90. The normalized spacial score (nSPS) is 14.7. The standard InChI is InChI=1S/C14H14N4O2S/c15-9-5-12(18(6-9)11-1-2-11)13(19)20-8-10-7-17-3-4-21-14(17)16-10/h3-7,11H,1-2,8,15H2. The summed E-state index contributed by atoms with van der Waals surface area (Å²) in [7, 11) is 0. The summed E-state index contributed by atoms with van der Waals surface area (Å²) in [4.78, 5) is 17.5. The topological polar surface area (TPSA) is 74.6 Å². The molecule has 21 heavy (non-hydrogen) atoms. The van der Waals surface area contributed by atoms with Crippen molar-refractivity contribution in [2.24, 2.45) is 0 Å². The molecule has 0 amide bonds. The lowest BCUT2D eigenvalue weighted by molar-refractivity contribution is 0.0455. The van der Waals surface area contributed by atoms with Crippen molar-refractivity contribution < 1.29 is 9.53 Å². The highest BCUT2D eigenvalue weighted by Crippen LogP contribution is 2.37. The van der Waals surface area contributed by atoms with Crippen LogP contribution in [-0.2, 0) is 11.3 Å². The Morgan fingerprint density at radius 3 is 3.10 bits per heavy atom. The number of nitrogens with two attached hydrogens (primary N) is 1. The zero-order valence-corrected chi connectivity index (χ0v) is 12.0. The number of rotatable bonds is 4. The molecule has 1 fully saturated rings. The molecule has 1 saturated carbocycles. The van der Waals surface area contributed by atoms with Gasteiger partial charge >= 0.3 is 5.97 Å². The predicted octanol–water partition coefficient (Wildman–Crippen LogP) is 2.47. The first-order chi connectivity index (χ1) is 10.2. The number of hydrogen-bond acceptors (Lipinski definition) is 5. The fourth-order valence-electron chi connectivity index (χ4n) is 2.38. The van der Waals surface area contributed by atoms with Gasteiger partial charge < -0.3 is 15.0 Å². The number of nitrogens with zero attached hydrogens (tertiary/aromatic N) is 3. The van der Waals surface area contributed by atoms with Crippen LogP contribution in [0.1, 0.15) is 35.1 Å². The maximum Gasteiger partial charge on any atom is 0.355 e. The Kier molecular flexibility index (Phi) is 2.75. The number of imidazole rings is 1. The summed E-state index contributed by atoms with van der Waals surface area (Å²) in [5.74, 6) is -0.352. The highest BCUT2D eigenvalue weighted by molar-refractivity contribution is 7.15. The van der Waals surface area contributed by atoms with Crippen LogP contribution < -0.4 is 5.73 Å². The van der Waals surface area contributed by atoms with Gasteiger partial charge in [0.25, 0.3) is 0 Å². The molecule has 3 heterocycles. The van der Waals surface area contributed by atoms with Crippen LogP contribution in [0, 0.1) is 0 Å². The van der Waals surface area contributed by atoms with E-state index in [1.54, 1.807) is 23.6 Å². The first-order valence-corrected chi connectivity index (χ1v) is 7.64. The molecule has 0 aromatic carbocycles. The van der Waals surface area contributed by atoms with Gasteiger partial charge in [0.05, 0.1) is 11.4 Å². The number of ether oxygens (including phenoxy) is 1. The molecule has 2 N–H and O–H groups in total. The number of carbonyl (C=O) groups excluding carboxylic acids is 1. The summed E-state index contributed by atoms with van der Waals surface area (Å²) >= 11 is 1.55. The van der Waals surface area contributed by atoms with Crippen molar-refractivity contribution in [3.8, 4) is 0 Å². The maximum absolute atomic E-state index is 12.2.